The average molecular weight is 327 g/mol. The van der Waals surface area contributed by atoms with Gasteiger partial charge in [-0.3, -0.25) is 0 Å². The molecule has 0 saturated carbocycles. The maximum Gasteiger partial charge on any atom is 0.161 e. The predicted octanol–water partition coefficient (Wildman–Crippen LogP) is 4.29. The molecule has 0 aliphatic heterocycles. The van der Waals surface area contributed by atoms with Crippen molar-refractivity contribution in [3.63, 3.8) is 0 Å². The summed E-state index contributed by atoms with van der Waals surface area (Å²) in [6.07, 6.45) is -0.338. The first-order valence-corrected chi connectivity index (χ1v) is 7.15. The van der Waals surface area contributed by atoms with Crippen molar-refractivity contribution >= 4 is 23.2 Å². The van der Waals surface area contributed by atoms with Crippen molar-refractivity contribution in [2.75, 3.05) is 14.2 Å². The smallest absolute Gasteiger partial charge is 0.161 e. The molecule has 1 unspecified atom stereocenters. The third-order valence-electron chi connectivity index (χ3n) is 3.24. The van der Waals surface area contributed by atoms with E-state index in [1.54, 1.807) is 38.5 Å². The summed E-state index contributed by atoms with van der Waals surface area (Å²) >= 11 is 12.1. The van der Waals surface area contributed by atoms with Gasteiger partial charge in [0.25, 0.3) is 0 Å². The van der Waals surface area contributed by atoms with Crippen molar-refractivity contribution in [2.24, 2.45) is 0 Å². The lowest BCUT2D eigenvalue weighted by molar-refractivity contribution is 0.178. The first-order valence-electron chi connectivity index (χ1n) is 6.39. The van der Waals surface area contributed by atoms with Crippen LogP contribution in [0.1, 0.15) is 17.2 Å². The Kier molecular flexibility index (Phi) is 5.34. The molecule has 0 radical (unpaired) electrons. The molecule has 0 aliphatic rings. The highest BCUT2D eigenvalue weighted by molar-refractivity contribution is 6.42. The monoisotopic (exact) mass is 326 g/mol. The number of hydrogen-bond donors (Lipinski definition) is 1. The number of halogens is 2. The van der Waals surface area contributed by atoms with Crippen molar-refractivity contribution < 1.29 is 14.6 Å². The highest BCUT2D eigenvalue weighted by Crippen LogP contribution is 2.33. The normalized spacial score (nSPS) is 12.0. The van der Waals surface area contributed by atoms with Gasteiger partial charge in [0, 0.05) is 6.42 Å². The van der Waals surface area contributed by atoms with Crippen molar-refractivity contribution in [1.82, 2.24) is 0 Å². The van der Waals surface area contributed by atoms with Gasteiger partial charge in [0.05, 0.1) is 30.4 Å². The van der Waals surface area contributed by atoms with Gasteiger partial charge >= 0.3 is 0 Å². The Hall–Kier alpha value is -1.42. The molecule has 2 aromatic rings. The lowest BCUT2D eigenvalue weighted by Crippen LogP contribution is -2.03. The minimum Gasteiger partial charge on any atom is -0.493 e. The number of aliphatic hydroxyl groups excluding tert-OH is 1. The molecule has 112 valence electrons. The highest BCUT2D eigenvalue weighted by atomic mass is 35.5. The van der Waals surface area contributed by atoms with E-state index in [4.69, 9.17) is 32.7 Å². The molecule has 3 nitrogen and oxygen atoms in total. The topological polar surface area (TPSA) is 38.7 Å². The predicted molar refractivity (Wildman–Crippen MR) is 84.7 cm³/mol. The largest absolute Gasteiger partial charge is 0.493 e. The molecule has 0 fully saturated rings. The van der Waals surface area contributed by atoms with Gasteiger partial charge in [-0.05, 0) is 29.3 Å². The molecule has 0 aromatic heterocycles. The number of rotatable bonds is 5. The second-order valence-electron chi connectivity index (χ2n) is 4.55. The fraction of sp³-hybridized carbons (Fsp3) is 0.250. The van der Waals surface area contributed by atoms with E-state index in [1.165, 1.54) is 0 Å². The van der Waals surface area contributed by atoms with E-state index in [1.807, 2.05) is 12.1 Å². The van der Waals surface area contributed by atoms with E-state index >= 15 is 0 Å². The van der Waals surface area contributed by atoms with E-state index < -0.39 is 6.10 Å². The fourth-order valence-corrected chi connectivity index (χ4v) is 2.49. The summed E-state index contributed by atoms with van der Waals surface area (Å²) in [5.74, 6) is 1.19. The lowest BCUT2D eigenvalue weighted by atomic mass is 10.0. The van der Waals surface area contributed by atoms with Crippen LogP contribution in [0.15, 0.2) is 36.4 Å². The molecule has 2 rings (SSSR count). The molecule has 0 saturated heterocycles. The second kappa shape index (κ2) is 7.03. The zero-order valence-electron chi connectivity index (χ0n) is 11.8. The molecule has 5 heteroatoms. The third kappa shape index (κ3) is 3.62. The van der Waals surface area contributed by atoms with Crippen molar-refractivity contribution in [2.45, 2.75) is 12.5 Å². The van der Waals surface area contributed by atoms with Crippen LogP contribution in [-0.2, 0) is 6.42 Å². The van der Waals surface area contributed by atoms with Gasteiger partial charge in [-0.15, -0.1) is 0 Å². The van der Waals surface area contributed by atoms with Crippen LogP contribution < -0.4 is 9.47 Å². The van der Waals surface area contributed by atoms with Crippen LogP contribution in [0.25, 0.3) is 0 Å². The van der Waals surface area contributed by atoms with Crippen LogP contribution in [0.5, 0.6) is 11.5 Å². The molecule has 2 aromatic carbocycles. The number of aliphatic hydroxyl groups is 1. The van der Waals surface area contributed by atoms with E-state index in [-0.39, 0.29) is 0 Å². The zero-order valence-corrected chi connectivity index (χ0v) is 13.3. The summed E-state index contributed by atoms with van der Waals surface area (Å²) in [6, 6.07) is 10.7. The minimum atomic E-state index is -0.708. The van der Waals surface area contributed by atoms with Gasteiger partial charge in [0.2, 0.25) is 0 Å². The fourth-order valence-electron chi connectivity index (χ4n) is 2.09. The molecular weight excluding hydrogens is 311 g/mol. The Morgan fingerprint density at radius 3 is 2.43 bits per heavy atom. The highest BCUT2D eigenvalue weighted by Gasteiger charge is 2.14. The maximum absolute atomic E-state index is 10.4. The Labute approximate surface area is 134 Å². The van der Waals surface area contributed by atoms with Crippen LogP contribution in [0.2, 0.25) is 10.0 Å². The number of benzene rings is 2. The lowest BCUT2D eigenvalue weighted by Gasteiger charge is -2.15. The van der Waals surface area contributed by atoms with Gasteiger partial charge in [0.1, 0.15) is 0 Å². The zero-order chi connectivity index (χ0) is 15.4. The van der Waals surface area contributed by atoms with Gasteiger partial charge in [-0.1, -0.05) is 41.4 Å². The molecule has 0 heterocycles. The van der Waals surface area contributed by atoms with Crippen LogP contribution in [0.4, 0.5) is 0 Å². The van der Waals surface area contributed by atoms with Crippen molar-refractivity contribution in [3.8, 4) is 11.5 Å². The Bertz CT molecular complexity index is 629. The van der Waals surface area contributed by atoms with Crippen molar-refractivity contribution in [1.29, 1.82) is 0 Å². The first kappa shape index (κ1) is 16.0. The summed E-state index contributed by atoms with van der Waals surface area (Å²) < 4.78 is 10.4. The van der Waals surface area contributed by atoms with Crippen LogP contribution >= 0.6 is 23.2 Å². The van der Waals surface area contributed by atoms with E-state index in [0.717, 1.165) is 11.1 Å². The quantitative estimate of drug-likeness (QED) is 0.890. The minimum absolute atomic E-state index is 0.370. The number of methoxy groups -OCH3 is 2. The molecule has 1 N–H and O–H groups in total. The van der Waals surface area contributed by atoms with E-state index in [9.17, 15) is 5.11 Å². The van der Waals surface area contributed by atoms with E-state index in [2.05, 4.69) is 0 Å². The van der Waals surface area contributed by atoms with Gasteiger partial charge in [-0.25, -0.2) is 0 Å². The number of ether oxygens (including phenoxy) is 2. The SMILES string of the molecule is COc1ccc(C(O)Cc2cccc(Cl)c2Cl)cc1OC. The van der Waals surface area contributed by atoms with Gasteiger partial charge in [0.15, 0.2) is 11.5 Å². The Morgan fingerprint density at radius 1 is 1.05 bits per heavy atom. The summed E-state index contributed by atoms with van der Waals surface area (Å²) in [7, 11) is 3.13. The summed E-state index contributed by atoms with van der Waals surface area (Å²) in [6.45, 7) is 0. The average Bonchev–Trinajstić information content (AvgIpc) is 2.51. The molecule has 0 amide bonds. The molecule has 0 spiro atoms. The second-order valence-corrected chi connectivity index (χ2v) is 5.33. The Morgan fingerprint density at radius 2 is 1.76 bits per heavy atom. The molecular formula is C16H16Cl2O3. The molecule has 0 bridgehead atoms. The van der Waals surface area contributed by atoms with Gasteiger partial charge in [-0.2, -0.15) is 0 Å². The Balaban J connectivity index is 2.24. The number of hydrogen-bond acceptors (Lipinski definition) is 3. The van der Waals surface area contributed by atoms with Crippen molar-refractivity contribution in [3.05, 3.63) is 57.6 Å². The van der Waals surface area contributed by atoms with Gasteiger partial charge < -0.3 is 14.6 Å². The van der Waals surface area contributed by atoms with Crippen LogP contribution in [0, 0.1) is 0 Å². The summed E-state index contributed by atoms with van der Waals surface area (Å²) in [5, 5.41) is 11.3. The molecule has 1 atom stereocenters. The molecule has 0 aliphatic carbocycles. The molecule has 21 heavy (non-hydrogen) atoms. The van der Waals surface area contributed by atoms with Crippen LogP contribution in [-0.4, -0.2) is 19.3 Å². The first-order chi connectivity index (χ1) is 10.1. The maximum atomic E-state index is 10.4. The van der Waals surface area contributed by atoms with E-state index in [0.29, 0.717) is 28.0 Å². The summed E-state index contributed by atoms with van der Waals surface area (Å²) in [5.41, 5.74) is 1.52. The van der Waals surface area contributed by atoms with Crippen LogP contribution in [0.3, 0.4) is 0 Å². The standard InChI is InChI=1S/C16H16Cl2O3/c1-20-14-7-6-10(9-15(14)21-2)13(19)8-11-4-3-5-12(17)16(11)18/h3-7,9,13,19H,8H2,1-2H3. The summed E-state index contributed by atoms with van der Waals surface area (Å²) in [4.78, 5) is 0. The third-order valence-corrected chi connectivity index (χ3v) is 4.10.